The average Bonchev–Trinajstić information content (AvgIpc) is 3.98. The fourth-order valence-corrected chi connectivity index (χ4v) is 8.97. The fourth-order valence-electron chi connectivity index (χ4n) is 7.60. The second-order valence-corrected chi connectivity index (χ2v) is 17.0. The minimum atomic E-state index is -3.85. The van der Waals surface area contributed by atoms with Gasteiger partial charge >= 0.3 is 0 Å². The Morgan fingerprint density at radius 3 is 2.60 bits per heavy atom. The molecule has 1 aromatic heterocycles. The van der Waals surface area contributed by atoms with E-state index in [4.69, 9.17) is 25.2 Å². The number of hydrogen-bond acceptors (Lipinski definition) is 10. The van der Waals surface area contributed by atoms with E-state index in [1.165, 1.54) is 4.90 Å². The van der Waals surface area contributed by atoms with Crippen LogP contribution in [0, 0.1) is 17.8 Å². The first-order chi connectivity index (χ1) is 23.9. The Morgan fingerprint density at radius 1 is 1.12 bits per heavy atom. The highest BCUT2D eigenvalue weighted by Crippen LogP contribution is 2.47. The molecule has 4 N–H and O–H groups in total. The van der Waals surface area contributed by atoms with Crippen molar-refractivity contribution < 1.29 is 32.3 Å². The standard InChI is InChI=1S/C36H48N6O7S/c1-4-21-15-20(2)7-5-6-8-23-18-36(23,35(45)41-50(46,47)26-12-13-26)40-32(43)29-17-25(19-42(29)34(44)30(21)37)49-33-31(22-9-10-22)38-27-14-11-24(48-3)16-28(27)39-33/h6,8,11,14,16,20-23,25-26,29-30H,4-5,7,9-10,12-13,15,17-19,37H2,1-3H3,(H,40,43)(H,41,45)/b8-6-/t20-,21-,23-,25-,29+,30+,36-/m1/s1. The molecule has 3 heterocycles. The number of aromatic nitrogens is 2. The summed E-state index contributed by atoms with van der Waals surface area (Å²) in [6, 6.07) is 3.66. The van der Waals surface area contributed by atoms with Crippen LogP contribution in [-0.2, 0) is 24.4 Å². The molecule has 3 aliphatic carbocycles. The van der Waals surface area contributed by atoms with Gasteiger partial charge in [0.15, 0.2) is 0 Å². The van der Waals surface area contributed by atoms with E-state index in [9.17, 15) is 22.8 Å². The maximum absolute atomic E-state index is 14.3. The van der Waals surface area contributed by atoms with Crippen molar-refractivity contribution in [2.75, 3.05) is 13.7 Å². The van der Waals surface area contributed by atoms with Crippen LogP contribution in [0.5, 0.6) is 11.6 Å². The van der Waals surface area contributed by atoms with Gasteiger partial charge in [-0.15, -0.1) is 0 Å². The lowest BCUT2D eigenvalue weighted by molar-refractivity contribution is -0.141. The Morgan fingerprint density at radius 2 is 1.90 bits per heavy atom. The van der Waals surface area contributed by atoms with E-state index in [2.05, 4.69) is 17.0 Å². The Kier molecular flexibility index (Phi) is 9.29. The summed E-state index contributed by atoms with van der Waals surface area (Å²) in [5, 5.41) is 2.33. The zero-order valence-electron chi connectivity index (χ0n) is 29.0. The predicted molar refractivity (Wildman–Crippen MR) is 186 cm³/mol. The SMILES string of the molecule is CC[C@@H]1C[C@H](C)CC/C=C\[C@@H]2C[C@@]2(C(=O)NS(=O)(=O)C2CC2)NC(=O)[C@@H]2C[C@@H](Oc3nc4cc(OC)ccc4nc3C3CC3)CN2C(=O)[C@H]1N. The van der Waals surface area contributed by atoms with Crippen LogP contribution >= 0.6 is 0 Å². The predicted octanol–water partition coefficient (Wildman–Crippen LogP) is 3.08. The zero-order chi connectivity index (χ0) is 35.4. The minimum Gasteiger partial charge on any atom is -0.497 e. The van der Waals surface area contributed by atoms with Crippen molar-refractivity contribution in [2.45, 2.75) is 113 Å². The number of nitrogens with zero attached hydrogens (tertiary/aromatic N) is 3. The quantitative estimate of drug-likeness (QED) is 0.345. The van der Waals surface area contributed by atoms with E-state index in [1.54, 1.807) is 13.2 Å². The number of hydrogen-bond donors (Lipinski definition) is 3. The minimum absolute atomic E-state index is 0.0868. The van der Waals surface area contributed by atoms with E-state index in [0.717, 1.165) is 43.3 Å². The summed E-state index contributed by atoms with van der Waals surface area (Å²) < 4.78 is 39.8. The number of sulfonamides is 1. The molecule has 50 heavy (non-hydrogen) atoms. The molecule has 13 nitrogen and oxygen atoms in total. The Balaban J connectivity index is 1.20. The van der Waals surface area contributed by atoms with Crippen molar-refractivity contribution in [1.29, 1.82) is 0 Å². The first-order valence-electron chi connectivity index (χ1n) is 18.1. The third-order valence-electron chi connectivity index (χ3n) is 11.1. The number of allylic oxidation sites excluding steroid dienone is 1. The maximum Gasteiger partial charge on any atom is 0.259 e. The Hall–Kier alpha value is -3.78. The van der Waals surface area contributed by atoms with Gasteiger partial charge in [0.2, 0.25) is 27.7 Å². The summed E-state index contributed by atoms with van der Waals surface area (Å²) in [6.07, 6.45) is 9.74. The number of fused-ring (bicyclic) bond motifs is 3. The molecule has 5 aliphatic rings. The molecule has 2 aliphatic heterocycles. The second-order valence-electron chi connectivity index (χ2n) is 15.0. The van der Waals surface area contributed by atoms with Crippen LogP contribution in [0.1, 0.15) is 89.7 Å². The summed E-state index contributed by atoms with van der Waals surface area (Å²) >= 11 is 0. The van der Waals surface area contributed by atoms with Crippen molar-refractivity contribution in [3.8, 4) is 11.6 Å². The lowest BCUT2D eigenvalue weighted by Crippen LogP contribution is -2.58. The first-order valence-corrected chi connectivity index (χ1v) is 19.6. The van der Waals surface area contributed by atoms with Crippen molar-refractivity contribution in [2.24, 2.45) is 23.5 Å². The summed E-state index contributed by atoms with van der Waals surface area (Å²) in [4.78, 5) is 53.4. The van der Waals surface area contributed by atoms with Crippen LogP contribution in [0.4, 0.5) is 0 Å². The van der Waals surface area contributed by atoms with Gasteiger partial charge in [-0.1, -0.05) is 32.4 Å². The van der Waals surface area contributed by atoms with Gasteiger partial charge in [0.05, 0.1) is 36.0 Å². The van der Waals surface area contributed by atoms with Crippen LogP contribution in [0.25, 0.3) is 11.0 Å². The highest BCUT2D eigenvalue weighted by Gasteiger charge is 2.62. The highest BCUT2D eigenvalue weighted by atomic mass is 32.2. The molecule has 0 radical (unpaired) electrons. The Bertz CT molecular complexity index is 1810. The number of benzene rings is 1. The normalized spacial score (nSPS) is 32.6. The number of amides is 3. The van der Waals surface area contributed by atoms with Gasteiger partial charge in [-0.05, 0) is 75.3 Å². The van der Waals surface area contributed by atoms with E-state index in [-0.39, 0.29) is 43.0 Å². The fraction of sp³-hybridized carbons (Fsp3) is 0.639. The highest BCUT2D eigenvalue weighted by molar-refractivity contribution is 7.91. The third-order valence-corrected chi connectivity index (χ3v) is 13.0. The average molecular weight is 709 g/mol. The van der Waals surface area contributed by atoms with Gasteiger partial charge in [0, 0.05) is 24.3 Å². The number of carbonyl (C=O) groups excluding carboxylic acids is 3. The molecular formula is C36H48N6O7S. The van der Waals surface area contributed by atoms with E-state index in [1.807, 2.05) is 31.2 Å². The molecule has 3 saturated carbocycles. The molecule has 4 fully saturated rings. The van der Waals surface area contributed by atoms with Gasteiger partial charge in [0.1, 0.15) is 29.1 Å². The number of rotatable bonds is 8. The number of carbonyl (C=O) groups is 3. The second kappa shape index (κ2) is 13.4. The van der Waals surface area contributed by atoms with Crippen molar-refractivity contribution in [1.82, 2.24) is 24.9 Å². The lowest BCUT2D eigenvalue weighted by atomic mass is 9.85. The summed E-state index contributed by atoms with van der Waals surface area (Å²) in [7, 11) is -2.26. The van der Waals surface area contributed by atoms with Crippen molar-refractivity contribution >= 4 is 38.8 Å². The van der Waals surface area contributed by atoms with Crippen LogP contribution in [0.3, 0.4) is 0 Å². The van der Waals surface area contributed by atoms with Gasteiger partial charge in [-0.2, -0.15) is 0 Å². The molecule has 1 aromatic carbocycles. The topological polar surface area (TPSA) is 183 Å². The Labute approximate surface area is 293 Å². The van der Waals surface area contributed by atoms with Crippen molar-refractivity contribution in [3.05, 3.63) is 36.0 Å². The molecular weight excluding hydrogens is 660 g/mol. The van der Waals surface area contributed by atoms with Gasteiger partial charge < -0.3 is 25.4 Å². The molecule has 7 rings (SSSR count). The molecule has 270 valence electrons. The number of ether oxygens (including phenoxy) is 2. The van der Waals surface area contributed by atoms with Gasteiger partial charge in [-0.25, -0.2) is 18.4 Å². The molecule has 7 atom stereocenters. The molecule has 0 bridgehead atoms. The van der Waals surface area contributed by atoms with Gasteiger partial charge in [0.25, 0.3) is 5.91 Å². The van der Waals surface area contributed by atoms with Crippen LogP contribution < -0.4 is 25.2 Å². The van der Waals surface area contributed by atoms with Crippen LogP contribution in [0.15, 0.2) is 30.4 Å². The lowest BCUT2D eigenvalue weighted by Gasteiger charge is -2.31. The van der Waals surface area contributed by atoms with E-state index in [0.29, 0.717) is 42.3 Å². The maximum atomic E-state index is 14.3. The summed E-state index contributed by atoms with van der Waals surface area (Å²) in [5.74, 6) is -0.587. The molecule has 1 saturated heterocycles. The molecule has 3 amide bonds. The third kappa shape index (κ3) is 6.92. The molecule has 0 unspecified atom stereocenters. The van der Waals surface area contributed by atoms with Crippen LogP contribution in [0.2, 0.25) is 0 Å². The smallest absolute Gasteiger partial charge is 0.259 e. The number of nitrogens with one attached hydrogen (secondary N) is 2. The monoisotopic (exact) mass is 708 g/mol. The zero-order valence-corrected chi connectivity index (χ0v) is 29.8. The van der Waals surface area contributed by atoms with E-state index < -0.39 is 50.8 Å². The molecule has 0 spiro atoms. The summed E-state index contributed by atoms with van der Waals surface area (Å²) in [5.41, 5.74) is 7.35. The van der Waals surface area contributed by atoms with Crippen molar-refractivity contribution in [3.63, 3.8) is 0 Å². The largest absolute Gasteiger partial charge is 0.497 e. The first kappa shape index (κ1) is 34.7. The summed E-state index contributed by atoms with van der Waals surface area (Å²) in [6.45, 7) is 4.27. The van der Waals surface area contributed by atoms with E-state index >= 15 is 0 Å². The van der Waals surface area contributed by atoms with Gasteiger partial charge in [-0.3, -0.25) is 19.1 Å². The number of nitrogens with two attached hydrogens (primary N) is 1. The number of methoxy groups -OCH3 is 1. The van der Waals surface area contributed by atoms with Crippen LogP contribution in [-0.4, -0.2) is 83.6 Å². The molecule has 2 aromatic rings. The molecule has 14 heteroatoms.